The van der Waals surface area contributed by atoms with Crippen molar-refractivity contribution in [2.45, 2.75) is 33.2 Å². The number of nitrogens with two attached hydrogens (primary N) is 1. The van der Waals surface area contributed by atoms with Gasteiger partial charge in [-0.05, 0) is 31.4 Å². The average molecular weight is 213 g/mol. The van der Waals surface area contributed by atoms with Crippen LogP contribution in [0.15, 0.2) is 12.1 Å². The first-order valence-electron chi connectivity index (χ1n) is 4.78. The highest BCUT2D eigenvalue weighted by Crippen LogP contribution is 2.28. The molecule has 1 heterocycles. The van der Waals surface area contributed by atoms with Crippen LogP contribution in [-0.4, -0.2) is 4.98 Å². The molecule has 0 bridgehead atoms. The zero-order valence-electron chi connectivity index (χ0n) is 9.13. The molecule has 0 aliphatic heterocycles. The molecular formula is C11H17ClN2. The molecule has 2 N–H and O–H groups in total. The Hall–Kier alpha value is -0.600. The molecule has 1 atom stereocenters. The zero-order chi connectivity index (χ0) is 10.9. The van der Waals surface area contributed by atoms with Gasteiger partial charge in [-0.1, -0.05) is 31.5 Å². The van der Waals surface area contributed by atoms with Gasteiger partial charge in [0.1, 0.15) is 5.15 Å². The minimum atomic E-state index is -0.346. The number of hydrogen-bond acceptors (Lipinski definition) is 2. The summed E-state index contributed by atoms with van der Waals surface area (Å²) in [6, 6.07) is 3.75. The number of halogens is 1. The predicted molar refractivity (Wildman–Crippen MR) is 60.4 cm³/mol. The first-order valence-corrected chi connectivity index (χ1v) is 5.16. The number of nitrogens with zero attached hydrogens (tertiary/aromatic N) is 1. The minimum absolute atomic E-state index is 0.346. The second-order valence-electron chi connectivity index (χ2n) is 4.20. The molecule has 1 unspecified atom stereocenters. The largest absolute Gasteiger partial charge is 0.321 e. The van der Waals surface area contributed by atoms with E-state index in [-0.39, 0.29) is 5.54 Å². The van der Waals surface area contributed by atoms with Crippen LogP contribution in [0.5, 0.6) is 0 Å². The van der Waals surface area contributed by atoms with Gasteiger partial charge >= 0.3 is 0 Å². The van der Waals surface area contributed by atoms with Crippen molar-refractivity contribution in [3.05, 3.63) is 28.5 Å². The van der Waals surface area contributed by atoms with Crippen LogP contribution in [0.3, 0.4) is 0 Å². The summed E-state index contributed by atoms with van der Waals surface area (Å²) >= 11 is 5.79. The third kappa shape index (κ3) is 2.07. The van der Waals surface area contributed by atoms with Gasteiger partial charge in [-0.2, -0.15) is 0 Å². The third-order valence-corrected chi connectivity index (χ3v) is 3.04. The zero-order valence-corrected chi connectivity index (χ0v) is 9.89. The molecule has 78 valence electrons. The summed E-state index contributed by atoms with van der Waals surface area (Å²) in [6.07, 6.45) is 0. The van der Waals surface area contributed by atoms with E-state index in [0.29, 0.717) is 11.1 Å². The van der Waals surface area contributed by atoms with Crippen LogP contribution >= 0.6 is 11.6 Å². The van der Waals surface area contributed by atoms with E-state index in [1.165, 1.54) is 0 Å². The average Bonchev–Trinajstić information content (AvgIpc) is 2.02. The Labute approximate surface area is 90.5 Å². The summed E-state index contributed by atoms with van der Waals surface area (Å²) < 4.78 is 0. The fourth-order valence-corrected chi connectivity index (χ4v) is 1.60. The Balaban J connectivity index is 3.19. The van der Waals surface area contributed by atoms with Crippen molar-refractivity contribution < 1.29 is 0 Å². The van der Waals surface area contributed by atoms with Crippen molar-refractivity contribution in [2.24, 2.45) is 11.7 Å². The molecule has 0 saturated heterocycles. The van der Waals surface area contributed by atoms with Gasteiger partial charge in [-0.15, -0.1) is 0 Å². The summed E-state index contributed by atoms with van der Waals surface area (Å²) in [7, 11) is 0. The monoisotopic (exact) mass is 212 g/mol. The number of aromatic nitrogens is 1. The van der Waals surface area contributed by atoms with Gasteiger partial charge in [0, 0.05) is 11.2 Å². The van der Waals surface area contributed by atoms with Gasteiger partial charge in [0.2, 0.25) is 0 Å². The van der Waals surface area contributed by atoms with Crippen molar-refractivity contribution in [3.63, 3.8) is 0 Å². The maximum atomic E-state index is 6.25. The molecule has 0 fully saturated rings. The van der Waals surface area contributed by atoms with Crippen molar-refractivity contribution >= 4 is 11.6 Å². The van der Waals surface area contributed by atoms with Gasteiger partial charge < -0.3 is 5.73 Å². The SMILES string of the molecule is Cc1nc(Cl)ccc1C(C)(N)C(C)C. The Morgan fingerprint density at radius 3 is 2.43 bits per heavy atom. The number of pyridine rings is 1. The van der Waals surface area contributed by atoms with E-state index in [4.69, 9.17) is 17.3 Å². The molecule has 0 aliphatic carbocycles. The molecule has 3 heteroatoms. The van der Waals surface area contributed by atoms with Gasteiger partial charge in [0.15, 0.2) is 0 Å². The van der Waals surface area contributed by atoms with Crippen molar-refractivity contribution in [1.82, 2.24) is 4.98 Å². The Morgan fingerprint density at radius 1 is 1.43 bits per heavy atom. The number of rotatable bonds is 2. The lowest BCUT2D eigenvalue weighted by Gasteiger charge is -2.30. The van der Waals surface area contributed by atoms with E-state index in [1.54, 1.807) is 6.07 Å². The fraction of sp³-hybridized carbons (Fsp3) is 0.545. The van der Waals surface area contributed by atoms with Crippen LogP contribution in [0, 0.1) is 12.8 Å². The smallest absolute Gasteiger partial charge is 0.129 e. The van der Waals surface area contributed by atoms with Crippen molar-refractivity contribution in [1.29, 1.82) is 0 Å². The molecule has 0 saturated carbocycles. The molecule has 1 aromatic rings. The van der Waals surface area contributed by atoms with Gasteiger partial charge in [-0.25, -0.2) is 4.98 Å². The fourth-order valence-electron chi connectivity index (χ4n) is 1.41. The molecule has 0 aromatic carbocycles. The van der Waals surface area contributed by atoms with Crippen molar-refractivity contribution in [3.8, 4) is 0 Å². The molecule has 2 nitrogen and oxygen atoms in total. The molecule has 14 heavy (non-hydrogen) atoms. The lowest BCUT2D eigenvalue weighted by atomic mass is 9.82. The molecule has 0 amide bonds. The number of aryl methyl sites for hydroxylation is 1. The standard InChI is InChI=1S/C11H17ClN2/c1-7(2)11(4,13)9-5-6-10(12)14-8(9)3/h5-7H,13H2,1-4H3. The molecule has 1 aromatic heterocycles. The summed E-state index contributed by atoms with van der Waals surface area (Å²) in [4.78, 5) is 4.21. The van der Waals surface area contributed by atoms with Crippen LogP contribution in [0.4, 0.5) is 0 Å². The predicted octanol–water partition coefficient (Wildman–Crippen LogP) is 2.87. The van der Waals surface area contributed by atoms with Gasteiger partial charge in [0.05, 0.1) is 0 Å². The first kappa shape index (κ1) is 11.5. The van der Waals surface area contributed by atoms with Gasteiger partial charge in [0.25, 0.3) is 0 Å². The van der Waals surface area contributed by atoms with E-state index >= 15 is 0 Å². The molecule has 0 aliphatic rings. The summed E-state index contributed by atoms with van der Waals surface area (Å²) in [5.74, 6) is 0.365. The van der Waals surface area contributed by atoms with E-state index in [9.17, 15) is 0 Å². The third-order valence-electron chi connectivity index (χ3n) is 2.83. The normalized spacial score (nSPS) is 15.6. The Bertz CT molecular complexity index is 332. The highest BCUT2D eigenvalue weighted by Gasteiger charge is 2.27. The quantitative estimate of drug-likeness (QED) is 0.766. The molecule has 0 spiro atoms. The van der Waals surface area contributed by atoms with E-state index in [1.807, 2.05) is 19.9 Å². The minimum Gasteiger partial charge on any atom is -0.321 e. The van der Waals surface area contributed by atoms with E-state index in [0.717, 1.165) is 11.3 Å². The summed E-state index contributed by atoms with van der Waals surface area (Å²) in [5.41, 5.74) is 7.88. The van der Waals surface area contributed by atoms with E-state index in [2.05, 4.69) is 18.8 Å². The topological polar surface area (TPSA) is 38.9 Å². The molecule has 0 radical (unpaired) electrons. The highest BCUT2D eigenvalue weighted by atomic mass is 35.5. The van der Waals surface area contributed by atoms with Crippen LogP contribution in [0.25, 0.3) is 0 Å². The molecular weight excluding hydrogens is 196 g/mol. The molecule has 1 rings (SSSR count). The van der Waals surface area contributed by atoms with E-state index < -0.39 is 0 Å². The second kappa shape index (κ2) is 3.87. The van der Waals surface area contributed by atoms with Gasteiger partial charge in [-0.3, -0.25) is 0 Å². The maximum absolute atomic E-state index is 6.25. The second-order valence-corrected chi connectivity index (χ2v) is 4.59. The maximum Gasteiger partial charge on any atom is 0.129 e. The Kier molecular flexibility index (Phi) is 3.17. The van der Waals surface area contributed by atoms with Crippen LogP contribution in [-0.2, 0) is 5.54 Å². The lowest BCUT2D eigenvalue weighted by Crippen LogP contribution is -2.39. The summed E-state index contributed by atoms with van der Waals surface area (Å²) in [5, 5.41) is 0.519. The lowest BCUT2D eigenvalue weighted by molar-refractivity contribution is 0.348. The highest BCUT2D eigenvalue weighted by molar-refractivity contribution is 6.29. The summed E-state index contributed by atoms with van der Waals surface area (Å²) in [6.45, 7) is 8.17. The number of hydrogen-bond donors (Lipinski definition) is 1. The van der Waals surface area contributed by atoms with Crippen LogP contribution in [0.2, 0.25) is 5.15 Å². The van der Waals surface area contributed by atoms with Crippen LogP contribution in [0.1, 0.15) is 32.0 Å². The Morgan fingerprint density at radius 2 is 2.00 bits per heavy atom. The van der Waals surface area contributed by atoms with Crippen LogP contribution < -0.4 is 5.73 Å². The first-order chi connectivity index (χ1) is 6.35. The van der Waals surface area contributed by atoms with Crippen molar-refractivity contribution in [2.75, 3.05) is 0 Å².